The van der Waals surface area contributed by atoms with E-state index in [9.17, 15) is 5.11 Å². The van der Waals surface area contributed by atoms with Crippen LogP contribution in [0.2, 0.25) is 0 Å². The summed E-state index contributed by atoms with van der Waals surface area (Å²) in [7, 11) is 0. The van der Waals surface area contributed by atoms with E-state index in [4.69, 9.17) is 0 Å². The molecule has 76 valence electrons. The van der Waals surface area contributed by atoms with E-state index in [1.165, 1.54) is 19.3 Å². The van der Waals surface area contributed by atoms with Crippen molar-refractivity contribution in [2.24, 2.45) is 11.8 Å². The third kappa shape index (κ3) is 1.75. The van der Waals surface area contributed by atoms with Crippen molar-refractivity contribution in [1.82, 2.24) is 5.32 Å². The van der Waals surface area contributed by atoms with Gasteiger partial charge in [-0.3, -0.25) is 0 Å². The van der Waals surface area contributed by atoms with Crippen molar-refractivity contribution in [3.8, 4) is 0 Å². The van der Waals surface area contributed by atoms with Gasteiger partial charge >= 0.3 is 0 Å². The van der Waals surface area contributed by atoms with E-state index in [0.717, 1.165) is 5.92 Å². The molecule has 2 nitrogen and oxygen atoms in total. The standard InChI is InChI=1S/C11H21NO/c1-11(2,3)12-9-7-4-5-8(6-7)10(9)13/h7-10,12-13H,4-6H2,1-3H3. The molecule has 2 bridgehead atoms. The molecule has 0 radical (unpaired) electrons. The maximum Gasteiger partial charge on any atom is 0.0724 e. The number of hydrogen-bond acceptors (Lipinski definition) is 2. The van der Waals surface area contributed by atoms with Gasteiger partial charge in [-0.2, -0.15) is 0 Å². The average molecular weight is 183 g/mol. The number of aliphatic hydroxyl groups excluding tert-OH is 1. The molecule has 0 heterocycles. The molecular weight excluding hydrogens is 162 g/mol. The third-order valence-corrected chi connectivity index (χ3v) is 3.47. The molecule has 0 aromatic rings. The predicted octanol–water partition coefficient (Wildman–Crippen LogP) is 1.53. The summed E-state index contributed by atoms with van der Waals surface area (Å²) in [6.07, 6.45) is 3.72. The Kier molecular flexibility index (Phi) is 2.16. The lowest BCUT2D eigenvalue weighted by Gasteiger charge is -2.34. The van der Waals surface area contributed by atoms with E-state index < -0.39 is 0 Å². The number of nitrogens with one attached hydrogen (secondary N) is 1. The Morgan fingerprint density at radius 3 is 2.23 bits per heavy atom. The lowest BCUT2D eigenvalue weighted by molar-refractivity contribution is 0.0675. The summed E-state index contributed by atoms with van der Waals surface area (Å²) in [5.74, 6) is 1.32. The monoisotopic (exact) mass is 183 g/mol. The van der Waals surface area contributed by atoms with Crippen molar-refractivity contribution in [3.63, 3.8) is 0 Å². The fraction of sp³-hybridized carbons (Fsp3) is 1.00. The Balaban J connectivity index is 2.00. The Hall–Kier alpha value is -0.0800. The summed E-state index contributed by atoms with van der Waals surface area (Å²) in [6, 6.07) is 0.360. The van der Waals surface area contributed by atoms with Gasteiger partial charge in [0.1, 0.15) is 0 Å². The first kappa shape index (κ1) is 9.47. The average Bonchev–Trinajstić information content (AvgIpc) is 2.51. The Morgan fingerprint density at radius 1 is 1.15 bits per heavy atom. The first-order valence-corrected chi connectivity index (χ1v) is 5.43. The SMILES string of the molecule is CC(C)(C)NC1C2CCC(C2)C1O. The lowest BCUT2D eigenvalue weighted by Crippen LogP contribution is -2.52. The van der Waals surface area contributed by atoms with Crippen LogP contribution in [0.5, 0.6) is 0 Å². The van der Waals surface area contributed by atoms with Crippen molar-refractivity contribution < 1.29 is 5.11 Å². The lowest BCUT2D eigenvalue weighted by atomic mass is 9.90. The Labute approximate surface area is 80.7 Å². The Morgan fingerprint density at radius 2 is 1.77 bits per heavy atom. The quantitative estimate of drug-likeness (QED) is 0.646. The highest BCUT2D eigenvalue weighted by Gasteiger charge is 2.47. The van der Waals surface area contributed by atoms with Crippen molar-refractivity contribution in [3.05, 3.63) is 0 Å². The van der Waals surface area contributed by atoms with Gasteiger partial charge in [-0.05, 0) is 51.9 Å². The zero-order chi connectivity index (χ0) is 9.64. The minimum atomic E-state index is -0.0852. The zero-order valence-electron chi connectivity index (χ0n) is 8.88. The van der Waals surface area contributed by atoms with Gasteiger partial charge in [-0.1, -0.05) is 0 Å². The largest absolute Gasteiger partial charge is 0.391 e. The summed E-state index contributed by atoms with van der Waals surface area (Å²) < 4.78 is 0. The molecule has 2 aliphatic carbocycles. The molecule has 0 aromatic carbocycles. The van der Waals surface area contributed by atoms with Crippen molar-refractivity contribution in [2.75, 3.05) is 0 Å². The van der Waals surface area contributed by atoms with Gasteiger partial charge in [-0.15, -0.1) is 0 Å². The molecule has 13 heavy (non-hydrogen) atoms. The van der Waals surface area contributed by atoms with Crippen LogP contribution in [0.15, 0.2) is 0 Å². The molecule has 0 aromatic heterocycles. The fourth-order valence-corrected chi connectivity index (χ4v) is 2.96. The van der Waals surface area contributed by atoms with E-state index >= 15 is 0 Å². The number of hydrogen-bond donors (Lipinski definition) is 2. The maximum absolute atomic E-state index is 9.98. The van der Waals surface area contributed by atoms with Crippen molar-refractivity contribution in [1.29, 1.82) is 0 Å². The van der Waals surface area contributed by atoms with Crippen LogP contribution in [0.1, 0.15) is 40.0 Å². The molecule has 2 N–H and O–H groups in total. The highest BCUT2D eigenvalue weighted by molar-refractivity contribution is 5.02. The molecule has 2 saturated carbocycles. The van der Waals surface area contributed by atoms with E-state index in [-0.39, 0.29) is 11.6 Å². The highest BCUT2D eigenvalue weighted by Crippen LogP contribution is 2.45. The maximum atomic E-state index is 9.98. The molecule has 2 rings (SSSR count). The van der Waals surface area contributed by atoms with Crippen LogP contribution in [0.4, 0.5) is 0 Å². The number of rotatable bonds is 1. The second-order valence-electron chi connectivity index (χ2n) is 5.74. The van der Waals surface area contributed by atoms with Crippen LogP contribution in [0.3, 0.4) is 0 Å². The van der Waals surface area contributed by atoms with Crippen LogP contribution in [0.25, 0.3) is 0 Å². The molecule has 0 aliphatic heterocycles. The van der Waals surface area contributed by atoms with E-state index in [1.54, 1.807) is 0 Å². The van der Waals surface area contributed by atoms with Gasteiger partial charge in [0.15, 0.2) is 0 Å². The van der Waals surface area contributed by atoms with Crippen molar-refractivity contribution >= 4 is 0 Å². The topological polar surface area (TPSA) is 32.3 Å². The van der Waals surface area contributed by atoms with Crippen LogP contribution >= 0.6 is 0 Å². The summed E-state index contributed by atoms with van der Waals surface area (Å²) in [5, 5.41) is 13.5. The first-order valence-electron chi connectivity index (χ1n) is 5.43. The van der Waals surface area contributed by atoms with Gasteiger partial charge in [-0.25, -0.2) is 0 Å². The Bertz CT molecular complexity index is 195. The number of aliphatic hydroxyl groups is 1. The second kappa shape index (κ2) is 2.96. The van der Waals surface area contributed by atoms with Gasteiger partial charge in [0.2, 0.25) is 0 Å². The molecule has 2 heteroatoms. The van der Waals surface area contributed by atoms with Gasteiger partial charge in [0, 0.05) is 11.6 Å². The fourth-order valence-electron chi connectivity index (χ4n) is 2.96. The smallest absolute Gasteiger partial charge is 0.0724 e. The molecule has 2 aliphatic rings. The second-order valence-corrected chi connectivity index (χ2v) is 5.74. The molecule has 0 saturated heterocycles. The minimum Gasteiger partial charge on any atom is -0.391 e. The summed E-state index contributed by atoms with van der Waals surface area (Å²) in [6.45, 7) is 6.52. The van der Waals surface area contributed by atoms with Crippen LogP contribution in [-0.4, -0.2) is 22.8 Å². The summed E-state index contributed by atoms with van der Waals surface area (Å²) in [5.41, 5.74) is 0.135. The van der Waals surface area contributed by atoms with Crippen LogP contribution in [0, 0.1) is 11.8 Å². The van der Waals surface area contributed by atoms with E-state index in [2.05, 4.69) is 26.1 Å². The van der Waals surface area contributed by atoms with E-state index in [0.29, 0.717) is 12.0 Å². The molecular formula is C11H21NO. The van der Waals surface area contributed by atoms with Gasteiger partial charge in [0.05, 0.1) is 6.10 Å². The first-order chi connectivity index (χ1) is 5.97. The van der Waals surface area contributed by atoms with E-state index in [1.807, 2.05) is 0 Å². The molecule has 4 unspecified atom stereocenters. The number of fused-ring (bicyclic) bond motifs is 2. The van der Waals surface area contributed by atoms with Crippen molar-refractivity contribution in [2.45, 2.75) is 57.7 Å². The van der Waals surface area contributed by atoms with Crippen LogP contribution < -0.4 is 5.32 Å². The zero-order valence-corrected chi connectivity index (χ0v) is 8.88. The highest BCUT2D eigenvalue weighted by atomic mass is 16.3. The molecule has 2 fully saturated rings. The third-order valence-electron chi connectivity index (χ3n) is 3.47. The molecule has 4 atom stereocenters. The minimum absolute atomic E-state index is 0.0852. The normalized spacial score (nSPS) is 44.3. The summed E-state index contributed by atoms with van der Waals surface area (Å²) >= 11 is 0. The van der Waals surface area contributed by atoms with Gasteiger partial charge in [0.25, 0.3) is 0 Å². The molecule has 0 spiro atoms. The summed E-state index contributed by atoms with van der Waals surface area (Å²) in [4.78, 5) is 0. The van der Waals surface area contributed by atoms with Crippen LogP contribution in [-0.2, 0) is 0 Å². The van der Waals surface area contributed by atoms with Gasteiger partial charge < -0.3 is 10.4 Å². The molecule has 0 amide bonds. The predicted molar refractivity (Wildman–Crippen MR) is 53.5 cm³/mol.